The third-order valence-electron chi connectivity index (χ3n) is 8.80. The Morgan fingerprint density at radius 3 is 1.67 bits per heavy atom. The standard InChI is InChI=1S/C42H30/c1-2-12-29(13-3-1)33-16-10-17-34(28-33)42-39-21-8-6-19-37(39)41(38-20-7-9-22-40(38)42)32-26-24-31(25-27-32)36-23-11-15-30-14-4-5-18-35(30)36/h1-24,26-28,31H,25H2. The molecule has 0 amide bonds. The zero-order valence-corrected chi connectivity index (χ0v) is 23.4. The fourth-order valence-corrected chi connectivity index (χ4v) is 6.85. The van der Waals surface area contributed by atoms with Crippen LogP contribution in [0.15, 0.2) is 164 Å². The number of benzene rings is 7. The Morgan fingerprint density at radius 2 is 0.976 bits per heavy atom. The van der Waals surface area contributed by atoms with E-state index in [1.165, 1.54) is 71.3 Å². The molecule has 0 radical (unpaired) electrons. The fourth-order valence-electron chi connectivity index (χ4n) is 6.85. The van der Waals surface area contributed by atoms with Crippen LogP contribution in [0.25, 0.3) is 60.1 Å². The van der Waals surface area contributed by atoms with Gasteiger partial charge >= 0.3 is 0 Å². The van der Waals surface area contributed by atoms with Crippen molar-refractivity contribution in [1.29, 1.82) is 0 Å². The molecular weight excluding hydrogens is 504 g/mol. The van der Waals surface area contributed by atoms with E-state index in [4.69, 9.17) is 0 Å². The Balaban J connectivity index is 1.28. The van der Waals surface area contributed by atoms with E-state index in [-0.39, 0.29) is 0 Å². The van der Waals surface area contributed by atoms with Crippen molar-refractivity contribution < 1.29 is 0 Å². The highest BCUT2D eigenvalue weighted by Gasteiger charge is 2.20. The minimum atomic E-state index is 0.373. The van der Waals surface area contributed by atoms with Gasteiger partial charge in [0.2, 0.25) is 0 Å². The van der Waals surface area contributed by atoms with Crippen molar-refractivity contribution in [3.05, 3.63) is 175 Å². The maximum Gasteiger partial charge on any atom is 0.00622 e. The molecule has 1 aliphatic carbocycles. The molecule has 0 heteroatoms. The summed E-state index contributed by atoms with van der Waals surface area (Å²) < 4.78 is 0. The number of hydrogen-bond donors (Lipinski definition) is 0. The highest BCUT2D eigenvalue weighted by Crippen LogP contribution is 2.44. The molecule has 0 saturated carbocycles. The number of rotatable bonds is 4. The molecule has 1 unspecified atom stereocenters. The summed E-state index contributed by atoms with van der Waals surface area (Å²) in [6.07, 6.45) is 8.22. The van der Waals surface area contributed by atoms with Crippen LogP contribution in [0.1, 0.15) is 23.5 Å². The summed E-state index contributed by atoms with van der Waals surface area (Å²) in [5.41, 5.74) is 9.07. The van der Waals surface area contributed by atoms with Crippen LogP contribution in [0.2, 0.25) is 0 Å². The average Bonchev–Trinajstić information content (AvgIpc) is 3.07. The van der Waals surface area contributed by atoms with Crippen LogP contribution in [-0.4, -0.2) is 0 Å². The first kappa shape index (κ1) is 24.6. The third-order valence-corrected chi connectivity index (χ3v) is 8.80. The maximum absolute atomic E-state index is 2.45. The van der Waals surface area contributed by atoms with E-state index in [2.05, 4.69) is 164 Å². The van der Waals surface area contributed by atoms with Crippen LogP contribution >= 0.6 is 0 Å². The van der Waals surface area contributed by atoms with Crippen molar-refractivity contribution in [2.75, 3.05) is 0 Å². The summed E-state index contributed by atoms with van der Waals surface area (Å²) >= 11 is 0. The van der Waals surface area contributed by atoms with E-state index in [0.717, 1.165) is 6.42 Å². The lowest BCUT2D eigenvalue weighted by Gasteiger charge is -2.22. The first-order valence-corrected chi connectivity index (χ1v) is 14.8. The highest BCUT2D eigenvalue weighted by molar-refractivity contribution is 6.19. The third kappa shape index (κ3) is 4.16. The zero-order chi connectivity index (χ0) is 27.9. The maximum atomic E-state index is 2.45. The van der Waals surface area contributed by atoms with Gasteiger partial charge in [0.25, 0.3) is 0 Å². The van der Waals surface area contributed by atoms with Gasteiger partial charge in [-0.3, -0.25) is 0 Å². The van der Waals surface area contributed by atoms with Crippen molar-refractivity contribution in [3.8, 4) is 22.3 Å². The Hall–Kier alpha value is -5.20. The molecule has 0 heterocycles. The predicted octanol–water partition coefficient (Wildman–Crippen LogP) is 11.6. The van der Waals surface area contributed by atoms with E-state index in [9.17, 15) is 0 Å². The van der Waals surface area contributed by atoms with Crippen LogP contribution in [-0.2, 0) is 0 Å². The lowest BCUT2D eigenvalue weighted by Crippen LogP contribution is -2.01. The molecule has 0 bridgehead atoms. The number of allylic oxidation sites excluding steroid dienone is 4. The first-order chi connectivity index (χ1) is 20.8. The molecule has 0 N–H and O–H groups in total. The molecule has 0 aliphatic heterocycles. The molecule has 8 rings (SSSR count). The topological polar surface area (TPSA) is 0 Å². The quantitative estimate of drug-likeness (QED) is 0.197. The Kier molecular flexibility index (Phi) is 6.04. The first-order valence-electron chi connectivity index (χ1n) is 14.8. The second-order valence-electron chi connectivity index (χ2n) is 11.2. The monoisotopic (exact) mass is 534 g/mol. The molecule has 1 aliphatic rings. The predicted molar refractivity (Wildman–Crippen MR) is 181 cm³/mol. The van der Waals surface area contributed by atoms with E-state index in [1.807, 2.05) is 0 Å². The molecule has 198 valence electrons. The summed E-state index contributed by atoms with van der Waals surface area (Å²) in [6, 6.07) is 53.0. The Labute approximate surface area is 246 Å². The smallest absolute Gasteiger partial charge is 0.00622 e. The van der Waals surface area contributed by atoms with Crippen molar-refractivity contribution in [3.63, 3.8) is 0 Å². The zero-order valence-electron chi connectivity index (χ0n) is 23.4. The van der Waals surface area contributed by atoms with Crippen molar-refractivity contribution in [1.82, 2.24) is 0 Å². The highest BCUT2D eigenvalue weighted by atomic mass is 14.2. The van der Waals surface area contributed by atoms with Gasteiger partial charge in [0, 0.05) is 5.92 Å². The largest absolute Gasteiger partial charge is 0.0761 e. The van der Waals surface area contributed by atoms with Crippen LogP contribution in [0.4, 0.5) is 0 Å². The molecule has 0 spiro atoms. The molecule has 0 fully saturated rings. The number of hydrogen-bond acceptors (Lipinski definition) is 0. The van der Waals surface area contributed by atoms with E-state index < -0.39 is 0 Å². The molecular formula is C42H30. The minimum Gasteiger partial charge on any atom is -0.0761 e. The summed E-state index contributed by atoms with van der Waals surface area (Å²) in [7, 11) is 0. The van der Waals surface area contributed by atoms with Crippen molar-refractivity contribution in [2.45, 2.75) is 12.3 Å². The van der Waals surface area contributed by atoms with Crippen LogP contribution < -0.4 is 0 Å². The number of fused-ring (bicyclic) bond motifs is 3. The van der Waals surface area contributed by atoms with Gasteiger partial charge in [-0.1, -0.05) is 158 Å². The van der Waals surface area contributed by atoms with Gasteiger partial charge in [0.15, 0.2) is 0 Å². The van der Waals surface area contributed by atoms with Gasteiger partial charge in [0.05, 0.1) is 0 Å². The van der Waals surface area contributed by atoms with E-state index >= 15 is 0 Å². The van der Waals surface area contributed by atoms with Crippen molar-refractivity contribution in [2.24, 2.45) is 0 Å². The van der Waals surface area contributed by atoms with Gasteiger partial charge in [0.1, 0.15) is 0 Å². The molecule has 7 aromatic carbocycles. The molecule has 7 aromatic rings. The Morgan fingerprint density at radius 1 is 0.429 bits per heavy atom. The van der Waals surface area contributed by atoms with Gasteiger partial charge in [-0.15, -0.1) is 0 Å². The molecule has 0 nitrogen and oxygen atoms in total. The Bertz CT molecular complexity index is 2100. The van der Waals surface area contributed by atoms with Crippen LogP contribution in [0.3, 0.4) is 0 Å². The summed E-state index contributed by atoms with van der Waals surface area (Å²) in [5, 5.41) is 7.85. The normalized spacial score (nSPS) is 14.9. The van der Waals surface area contributed by atoms with Gasteiger partial charge < -0.3 is 0 Å². The van der Waals surface area contributed by atoms with Gasteiger partial charge in [-0.2, -0.15) is 0 Å². The fraction of sp³-hybridized carbons (Fsp3) is 0.0476. The van der Waals surface area contributed by atoms with Crippen molar-refractivity contribution >= 4 is 37.9 Å². The molecule has 1 atom stereocenters. The molecule has 42 heavy (non-hydrogen) atoms. The SMILES string of the molecule is C1=CC(c2cccc3ccccc23)CC=C1c1c2ccccc2c(-c2cccc(-c3ccccc3)c2)c2ccccc12. The van der Waals surface area contributed by atoms with Crippen LogP contribution in [0, 0.1) is 0 Å². The van der Waals surface area contributed by atoms with Gasteiger partial charge in [-0.05, 0) is 83.8 Å². The van der Waals surface area contributed by atoms with Crippen LogP contribution in [0.5, 0.6) is 0 Å². The second-order valence-corrected chi connectivity index (χ2v) is 11.2. The molecule has 0 saturated heterocycles. The second kappa shape index (κ2) is 10.3. The van der Waals surface area contributed by atoms with Gasteiger partial charge in [-0.25, -0.2) is 0 Å². The summed E-state index contributed by atoms with van der Waals surface area (Å²) in [5.74, 6) is 0.373. The minimum absolute atomic E-state index is 0.373. The average molecular weight is 535 g/mol. The van der Waals surface area contributed by atoms with E-state index in [0.29, 0.717) is 5.92 Å². The van der Waals surface area contributed by atoms with E-state index in [1.54, 1.807) is 0 Å². The summed E-state index contributed by atoms with van der Waals surface area (Å²) in [4.78, 5) is 0. The molecule has 0 aromatic heterocycles. The lowest BCUT2D eigenvalue weighted by molar-refractivity contribution is 0.865. The summed E-state index contributed by atoms with van der Waals surface area (Å²) in [6.45, 7) is 0. The lowest BCUT2D eigenvalue weighted by atomic mass is 9.82.